The number of anilines is 1. The summed E-state index contributed by atoms with van der Waals surface area (Å²) in [4.78, 5) is 2.49. The molecule has 2 aliphatic rings. The smallest absolute Gasteiger partial charge is 0.0366 e. The predicted molar refractivity (Wildman–Crippen MR) is 81.6 cm³/mol. The number of hydrogen-bond acceptors (Lipinski definition) is 2. The largest absolute Gasteiger partial charge is 0.372 e. The highest BCUT2D eigenvalue weighted by Gasteiger charge is 2.16. The molecule has 0 unspecified atom stereocenters. The molecule has 1 heterocycles. The van der Waals surface area contributed by atoms with Crippen LogP contribution in [0.3, 0.4) is 0 Å². The van der Waals surface area contributed by atoms with Gasteiger partial charge in [-0.3, -0.25) is 0 Å². The van der Waals surface area contributed by atoms with Crippen molar-refractivity contribution in [1.29, 1.82) is 0 Å². The van der Waals surface area contributed by atoms with Crippen molar-refractivity contribution in [3.8, 4) is 0 Å². The van der Waals surface area contributed by atoms with Gasteiger partial charge in [0.1, 0.15) is 0 Å². The van der Waals surface area contributed by atoms with Crippen molar-refractivity contribution in [1.82, 2.24) is 5.32 Å². The summed E-state index contributed by atoms with van der Waals surface area (Å²) < 4.78 is 0. The Morgan fingerprint density at radius 2 is 1.74 bits per heavy atom. The summed E-state index contributed by atoms with van der Waals surface area (Å²) in [6.45, 7) is 4.67. The molecule has 0 spiro atoms. The third kappa shape index (κ3) is 3.50. The molecule has 104 valence electrons. The van der Waals surface area contributed by atoms with Gasteiger partial charge < -0.3 is 10.2 Å². The van der Waals surface area contributed by atoms with Crippen LogP contribution in [0.25, 0.3) is 0 Å². The van der Waals surface area contributed by atoms with Crippen LogP contribution in [0.2, 0.25) is 0 Å². The van der Waals surface area contributed by atoms with Crippen LogP contribution < -0.4 is 10.2 Å². The van der Waals surface area contributed by atoms with E-state index in [0.29, 0.717) is 0 Å². The number of nitrogens with zero attached hydrogens (tertiary/aromatic N) is 1. The minimum absolute atomic E-state index is 1.02. The van der Waals surface area contributed by atoms with E-state index in [9.17, 15) is 0 Å². The molecular weight excluding hydrogens is 232 g/mol. The molecule has 0 bridgehead atoms. The maximum atomic E-state index is 3.58. The summed E-state index contributed by atoms with van der Waals surface area (Å²) in [5, 5.41) is 3.58. The van der Waals surface area contributed by atoms with Gasteiger partial charge in [0.25, 0.3) is 0 Å². The first-order chi connectivity index (χ1) is 9.42. The van der Waals surface area contributed by atoms with Crippen molar-refractivity contribution in [3.63, 3.8) is 0 Å². The molecule has 1 saturated carbocycles. The van der Waals surface area contributed by atoms with Gasteiger partial charge in [-0.15, -0.1) is 0 Å². The number of nitrogens with one attached hydrogen (secondary N) is 1. The lowest BCUT2D eigenvalue weighted by Crippen LogP contribution is -2.21. The summed E-state index contributed by atoms with van der Waals surface area (Å²) >= 11 is 0. The van der Waals surface area contributed by atoms with Crippen LogP contribution in [-0.2, 0) is 6.54 Å². The zero-order valence-corrected chi connectivity index (χ0v) is 11.9. The van der Waals surface area contributed by atoms with E-state index in [1.54, 1.807) is 0 Å². The van der Waals surface area contributed by atoms with Crippen LogP contribution in [0.1, 0.15) is 44.1 Å². The summed E-state index contributed by atoms with van der Waals surface area (Å²) in [5.41, 5.74) is 2.81. The standard InChI is InChI=1S/C17H26N2/c1-2-13-19(12-1)17-8-6-16(7-9-17)14-18-11-10-15-4-3-5-15/h6-9,15,18H,1-5,10-14H2. The fraction of sp³-hybridized carbons (Fsp3) is 0.647. The second-order valence-corrected chi connectivity index (χ2v) is 6.12. The Morgan fingerprint density at radius 3 is 2.37 bits per heavy atom. The van der Waals surface area contributed by atoms with Gasteiger partial charge in [0.15, 0.2) is 0 Å². The Kier molecular flexibility index (Phi) is 4.39. The predicted octanol–water partition coefficient (Wildman–Crippen LogP) is 3.57. The highest BCUT2D eigenvalue weighted by Crippen LogP contribution is 2.28. The van der Waals surface area contributed by atoms with Gasteiger partial charge in [-0.05, 0) is 49.4 Å². The first kappa shape index (κ1) is 13.0. The fourth-order valence-corrected chi connectivity index (χ4v) is 3.12. The number of rotatable bonds is 6. The Hall–Kier alpha value is -1.02. The quantitative estimate of drug-likeness (QED) is 0.785. The number of benzene rings is 1. The normalized spacial score (nSPS) is 19.7. The Morgan fingerprint density at radius 1 is 1.00 bits per heavy atom. The second-order valence-electron chi connectivity index (χ2n) is 6.12. The van der Waals surface area contributed by atoms with Crippen molar-refractivity contribution in [3.05, 3.63) is 29.8 Å². The molecule has 1 aromatic rings. The van der Waals surface area contributed by atoms with E-state index in [0.717, 1.165) is 12.5 Å². The van der Waals surface area contributed by atoms with Crippen LogP contribution in [0, 0.1) is 5.92 Å². The lowest BCUT2D eigenvalue weighted by Gasteiger charge is -2.25. The minimum Gasteiger partial charge on any atom is -0.372 e. The fourth-order valence-electron chi connectivity index (χ4n) is 3.12. The maximum absolute atomic E-state index is 3.58. The maximum Gasteiger partial charge on any atom is 0.0366 e. The van der Waals surface area contributed by atoms with Crippen molar-refractivity contribution < 1.29 is 0 Å². The second kappa shape index (κ2) is 6.42. The molecule has 1 aliphatic carbocycles. The van der Waals surface area contributed by atoms with Crippen LogP contribution in [0.15, 0.2) is 24.3 Å². The summed E-state index contributed by atoms with van der Waals surface area (Å²) in [5.74, 6) is 1.02. The molecule has 3 rings (SSSR count). The first-order valence-corrected chi connectivity index (χ1v) is 7.96. The van der Waals surface area contributed by atoms with Gasteiger partial charge in [0, 0.05) is 25.3 Å². The molecule has 2 nitrogen and oxygen atoms in total. The van der Waals surface area contributed by atoms with Gasteiger partial charge in [0.05, 0.1) is 0 Å². The summed E-state index contributed by atoms with van der Waals surface area (Å²) in [6.07, 6.45) is 8.46. The lowest BCUT2D eigenvalue weighted by molar-refractivity contribution is 0.292. The van der Waals surface area contributed by atoms with Gasteiger partial charge in [-0.1, -0.05) is 31.4 Å². The zero-order chi connectivity index (χ0) is 12.9. The topological polar surface area (TPSA) is 15.3 Å². The van der Waals surface area contributed by atoms with Crippen LogP contribution in [-0.4, -0.2) is 19.6 Å². The molecule has 1 saturated heterocycles. The van der Waals surface area contributed by atoms with Crippen molar-refractivity contribution in [2.75, 3.05) is 24.5 Å². The summed E-state index contributed by atoms with van der Waals surface area (Å²) in [7, 11) is 0. The molecule has 0 radical (unpaired) electrons. The average Bonchev–Trinajstić information content (AvgIpc) is 2.91. The molecule has 0 atom stereocenters. The van der Waals surface area contributed by atoms with Gasteiger partial charge in [-0.2, -0.15) is 0 Å². The Labute approximate surface area is 117 Å². The monoisotopic (exact) mass is 258 g/mol. The highest BCUT2D eigenvalue weighted by atomic mass is 15.1. The van der Waals surface area contributed by atoms with E-state index in [2.05, 4.69) is 34.5 Å². The molecular formula is C17H26N2. The van der Waals surface area contributed by atoms with Crippen LogP contribution in [0.4, 0.5) is 5.69 Å². The first-order valence-electron chi connectivity index (χ1n) is 7.96. The molecule has 2 heteroatoms. The minimum atomic E-state index is 1.02. The number of hydrogen-bond donors (Lipinski definition) is 1. The third-order valence-electron chi connectivity index (χ3n) is 4.69. The van der Waals surface area contributed by atoms with E-state index < -0.39 is 0 Å². The Balaban J connectivity index is 1.40. The summed E-state index contributed by atoms with van der Waals surface area (Å²) in [6, 6.07) is 9.14. The van der Waals surface area contributed by atoms with Crippen molar-refractivity contribution >= 4 is 5.69 Å². The van der Waals surface area contributed by atoms with Gasteiger partial charge >= 0.3 is 0 Å². The lowest BCUT2D eigenvalue weighted by atomic mass is 9.83. The van der Waals surface area contributed by atoms with Crippen molar-refractivity contribution in [2.24, 2.45) is 5.92 Å². The molecule has 1 N–H and O–H groups in total. The van der Waals surface area contributed by atoms with E-state index in [1.807, 2.05) is 0 Å². The molecule has 1 aliphatic heterocycles. The molecule has 19 heavy (non-hydrogen) atoms. The van der Waals surface area contributed by atoms with Gasteiger partial charge in [-0.25, -0.2) is 0 Å². The van der Waals surface area contributed by atoms with E-state index in [1.165, 1.54) is 69.4 Å². The molecule has 0 amide bonds. The zero-order valence-electron chi connectivity index (χ0n) is 11.9. The van der Waals surface area contributed by atoms with Crippen LogP contribution >= 0.6 is 0 Å². The third-order valence-corrected chi connectivity index (χ3v) is 4.69. The van der Waals surface area contributed by atoms with Crippen LogP contribution in [0.5, 0.6) is 0 Å². The molecule has 0 aromatic heterocycles. The average molecular weight is 258 g/mol. The Bertz CT molecular complexity index is 375. The van der Waals surface area contributed by atoms with E-state index >= 15 is 0 Å². The van der Waals surface area contributed by atoms with Gasteiger partial charge in [0.2, 0.25) is 0 Å². The van der Waals surface area contributed by atoms with Crippen molar-refractivity contribution in [2.45, 2.75) is 45.1 Å². The molecule has 2 fully saturated rings. The molecule has 1 aromatic carbocycles. The highest BCUT2D eigenvalue weighted by molar-refractivity contribution is 5.48. The van der Waals surface area contributed by atoms with E-state index in [4.69, 9.17) is 0 Å². The van der Waals surface area contributed by atoms with E-state index in [-0.39, 0.29) is 0 Å². The SMILES string of the molecule is c1cc(N2CCCC2)ccc1CNCCC1CCC1.